The van der Waals surface area contributed by atoms with Crippen molar-refractivity contribution in [2.75, 3.05) is 4.90 Å². The normalized spacial score (nSPS) is 16.6. The van der Waals surface area contributed by atoms with Gasteiger partial charge in [-0.3, -0.25) is 9.69 Å². The molecule has 0 N–H and O–H groups in total. The van der Waals surface area contributed by atoms with Crippen molar-refractivity contribution in [1.29, 1.82) is 0 Å². The number of thioether (sulfide) groups is 1. The molecule has 3 rings (SSSR count). The Hall–Kier alpha value is -1.25. The van der Waals surface area contributed by atoms with Gasteiger partial charge in [0.05, 0.1) is 10.6 Å². The Balaban J connectivity index is 1.93. The van der Waals surface area contributed by atoms with E-state index < -0.39 is 5.82 Å². The van der Waals surface area contributed by atoms with Gasteiger partial charge in [-0.1, -0.05) is 42.2 Å². The molecule has 2 nitrogen and oxygen atoms in total. The van der Waals surface area contributed by atoms with E-state index in [4.69, 9.17) is 12.2 Å². The van der Waals surface area contributed by atoms with Gasteiger partial charge in [-0.05, 0) is 64.6 Å². The predicted molar refractivity (Wildman–Crippen MR) is 101 cm³/mol. The fourth-order valence-corrected chi connectivity index (χ4v) is 3.67. The molecule has 110 valence electrons. The molecule has 0 aliphatic carbocycles. The molecule has 1 fully saturated rings. The molecule has 0 bridgehead atoms. The van der Waals surface area contributed by atoms with Crippen molar-refractivity contribution in [2.24, 2.45) is 0 Å². The topological polar surface area (TPSA) is 20.3 Å². The number of carbonyl (C=O) groups is 1. The van der Waals surface area contributed by atoms with Gasteiger partial charge in [0.1, 0.15) is 5.82 Å². The molecule has 0 atom stereocenters. The van der Waals surface area contributed by atoms with E-state index in [1.807, 2.05) is 24.3 Å². The van der Waals surface area contributed by atoms with E-state index in [9.17, 15) is 9.18 Å². The summed E-state index contributed by atoms with van der Waals surface area (Å²) in [6.07, 6.45) is 1.80. The lowest BCUT2D eigenvalue weighted by atomic mass is 10.2. The van der Waals surface area contributed by atoms with Crippen molar-refractivity contribution >= 4 is 68.6 Å². The third-order valence-electron chi connectivity index (χ3n) is 3.03. The molecule has 1 amide bonds. The van der Waals surface area contributed by atoms with Gasteiger partial charge in [0, 0.05) is 3.57 Å². The van der Waals surface area contributed by atoms with Crippen LogP contribution in [0.4, 0.5) is 10.1 Å². The number of anilines is 1. The largest absolute Gasteiger partial charge is 0.270 e. The van der Waals surface area contributed by atoms with E-state index in [2.05, 4.69) is 22.6 Å². The molecule has 2 aromatic carbocycles. The molecule has 0 radical (unpaired) electrons. The van der Waals surface area contributed by atoms with Gasteiger partial charge in [-0.2, -0.15) is 0 Å². The van der Waals surface area contributed by atoms with Crippen LogP contribution in [0.5, 0.6) is 0 Å². The molecular weight excluding hydrogens is 432 g/mol. The Morgan fingerprint density at radius 3 is 2.59 bits per heavy atom. The maximum Gasteiger partial charge on any atom is 0.270 e. The zero-order valence-corrected chi connectivity index (χ0v) is 14.9. The van der Waals surface area contributed by atoms with E-state index in [0.717, 1.165) is 9.13 Å². The SMILES string of the molecule is O=C1/C(=C\c2ccc(I)cc2)SC(=S)N1c1cccc(F)c1. The number of halogens is 2. The average Bonchev–Trinajstić information content (AvgIpc) is 2.76. The number of carbonyl (C=O) groups excluding carboxylic acids is 1. The van der Waals surface area contributed by atoms with Crippen LogP contribution in [-0.2, 0) is 4.79 Å². The zero-order valence-electron chi connectivity index (χ0n) is 11.1. The summed E-state index contributed by atoms with van der Waals surface area (Å²) in [6, 6.07) is 13.7. The van der Waals surface area contributed by atoms with Gasteiger partial charge in [0.2, 0.25) is 0 Å². The van der Waals surface area contributed by atoms with Crippen LogP contribution in [0.2, 0.25) is 0 Å². The highest BCUT2D eigenvalue weighted by Gasteiger charge is 2.33. The molecule has 0 aromatic heterocycles. The smallest absolute Gasteiger partial charge is 0.268 e. The number of amides is 1. The number of rotatable bonds is 2. The lowest BCUT2D eigenvalue weighted by Crippen LogP contribution is -2.27. The van der Waals surface area contributed by atoms with Gasteiger partial charge < -0.3 is 0 Å². The van der Waals surface area contributed by atoms with Gasteiger partial charge >= 0.3 is 0 Å². The molecule has 0 unspecified atom stereocenters. The first-order chi connectivity index (χ1) is 10.5. The van der Waals surface area contributed by atoms with Crippen molar-refractivity contribution in [3.8, 4) is 0 Å². The Bertz CT molecular complexity index is 789. The van der Waals surface area contributed by atoms with Crippen molar-refractivity contribution < 1.29 is 9.18 Å². The van der Waals surface area contributed by atoms with Crippen LogP contribution in [0.15, 0.2) is 53.4 Å². The third kappa shape index (κ3) is 3.23. The van der Waals surface area contributed by atoms with E-state index in [-0.39, 0.29) is 5.91 Å². The van der Waals surface area contributed by atoms with Crippen LogP contribution in [0.25, 0.3) is 6.08 Å². The molecule has 1 heterocycles. The minimum absolute atomic E-state index is 0.223. The van der Waals surface area contributed by atoms with E-state index in [1.54, 1.807) is 18.2 Å². The first kappa shape index (κ1) is 15.6. The number of nitrogens with zero attached hydrogens (tertiary/aromatic N) is 1. The second-order valence-electron chi connectivity index (χ2n) is 4.55. The Morgan fingerprint density at radius 2 is 1.91 bits per heavy atom. The molecular formula is C16H9FINOS2. The Kier molecular flexibility index (Phi) is 4.60. The van der Waals surface area contributed by atoms with Gasteiger partial charge in [-0.25, -0.2) is 4.39 Å². The highest BCUT2D eigenvalue weighted by atomic mass is 127. The molecule has 0 saturated carbocycles. The van der Waals surface area contributed by atoms with Crippen molar-refractivity contribution in [1.82, 2.24) is 0 Å². The fourth-order valence-electron chi connectivity index (χ4n) is 2.02. The molecule has 6 heteroatoms. The minimum Gasteiger partial charge on any atom is -0.268 e. The van der Waals surface area contributed by atoms with E-state index >= 15 is 0 Å². The summed E-state index contributed by atoms with van der Waals surface area (Å²) in [4.78, 5) is 14.4. The van der Waals surface area contributed by atoms with Crippen molar-refractivity contribution in [3.63, 3.8) is 0 Å². The molecule has 1 aliphatic heterocycles. The van der Waals surface area contributed by atoms with Crippen LogP contribution in [0.1, 0.15) is 5.56 Å². The van der Waals surface area contributed by atoms with Gasteiger partial charge in [0.25, 0.3) is 5.91 Å². The van der Waals surface area contributed by atoms with Crippen molar-refractivity contribution in [2.45, 2.75) is 0 Å². The Morgan fingerprint density at radius 1 is 1.18 bits per heavy atom. The summed E-state index contributed by atoms with van der Waals surface area (Å²) in [5, 5.41) is 0. The first-order valence-electron chi connectivity index (χ1n) is 6.34. The predicted octanol–water partition coefficient (Wildman–Crippen LogP) is 4.84. The first-order valence-corrected chi connectivity index (χ1v) is 8.64. The second kappa shape index (κ2) is 6.47. The zero-order chi connectivity index (χ0) is 15.7. The highest BCUT2D eigenvalue weighted by Crippen LogP contribution is 2.36. The molecule has 2 aromatic rings. The van der Waals surface area contributed by atoms with Crippen LogP contribution in [-0.4, -0.2) is 10.2 Å². The van der Waals surface area contributed by atoms with Crippen LogP contribution in [0.3, 0.4) is 0 Å². The Labute approximate surface area is 150 Å². The lowest BCUT2D eigenvalue weighted by molar-refractivity contribution is -0.113. The fraction of sp³-hybridized carbons (Fsp3) is 0. The quantitative estimate of drug-likeness (QED) is 0.378. The van der Waals surface area contributed by atoms with E-state index in [0.29, 0.717) is 14.9 Å². The van der Waals surface area contributed by atoms with E-state index in [1.165, 1.54) is 28.8 Å². The monoisotopic (exact) mass is 441 g/mol. The molecule has 1 aliphatic rings. The van der Waals surface area contributed by atoms with Crippen molar-refractivity contribution in [3.05, 3.63) is 68.4 Å². The van der Waals surface area contributed by atoms with Crippen LogP contribution >= 0.6 is 46.6 Å². The number of hydrogen-bond acceptors (Lipinski definition) is 3. The molecule has 1 saturated heterocycles. The lowest BCUT2D eigenvalue weighted by Gasteiger charge is -2.14. The van der Waals surface area contributed by atoms with Gasteiger partial charge in [-0.15, -0.1) is 0 Å². The highest BCUT2D eigenvalue weighted by molar-refractivity contribution is 14.1. The average molecular weight is 441 g/mol. The summed E-state index contributed by atoms with van der Waals surface area (Å²) < 4.78 is 14.9. The number of thiocarbonyl (C=S) groups is 1. The van der Waals surface area contributed by atoms with Crippen LogP contribution in [0, 0.1) is 9.39 Å². The maximum atomic E-state index is 13.4. The summed E-state index contributed by atoms with van der Waals surface area (Å²) in [6.45, 7) is 0. The van der Waals surface area contributed by atoms with Gasteiger partial charge in [0.15, 0.2) is 4.32 Å². The number of hydrogen-bond donors (Lipinski definition) is 0. The maximum absolute atomic E-state index is 13.4. The summed E-state index contributed by atoms with van der Waals surface area (Å²) in [7, 11) is 0. The summed E-state index contributed by atoms with van der Waals surface area (Å²) in [5.41, 5.74) is 1.38. The second-order valence-corrected chi connectivity index (χ2v) is 7.47. The third-order valence-corrected chi connectivity index (χ3v) is 5.05. The molecule has 22 heavy (non-hydrogen) atoms. The standard InChI is InChI=1S/C16H9FINOS2/c17-11-2-1-3-13(9-11)19-15(20)14(22-16(19)21)8-10-4-6-12(18)7-5-10/h1-9H/b14-8+. The molecule has 0 spiro atoms. The summed E-state index contributed by atoms with van der Waals surface area (Å²) >= 11 is 8.71. The summed E-state index contributed by atoms with van der Waals surface area (Å²) in [5.74, 6) is -0.618. The minimum atomic E-state index is -0.395. The number of benzene rings is 2. The van der Waals surface area contributed by atoms with Crippen LogP contribution < -0.4 is 4.90 Å².